The minimum Gasteiger partial charge on any atom is -0.390 e. The van der Waals surface area contributed by atoms with Crippen LogP contribution in [-0.2, 0) is 10.0 Å². The second kappa shape index (κ2) is 7.39. The van der Waals surface area contributed by atoms with Gasteiger partial charge < -0.3 is 15.0 Å². The molecule has 0 saturated carbocycles. The zero-order chi connectivity index (χ0) is 20.8. The predicted molar refractivity (Wildman–Crippen MR) is 107 cm³/mol. The summed E-state index contributed by atoms with van der Waals surface area (Å²) in [6.07, 6.45) is -0.803. The maximum Gasteiger partial charge on any atom is 0.271 e. The van der Waals surface area contributed by atoms with E-state index in [9.17, 15) is 27.1 Å². The SMILES string of the molecule is O=c1[nH]ccc2cc(F)c(NS(=O)(=O)c3ccc(N4CC[C@H](O)[C@H](F)C4)s3)cc12. The summed E-state index contributed by atoms with van der Waals surface area (Å²) in [4.78, 5) is 16.0. The Morgan fingerprint density at radius 2 is 2.07 bits per heavy atom. The van der Waals surface area contributed by atoms with Crippen molar-refractivity contribution in [1.82, 2.24) is 4.98 Å². The highest BCUT2D eigenvalue weighted by Crippen LogP contribution is 2.33. The second-order valence-corrected chi connectivity index (χ2v) is 9.71. The van der Waals surface area contributed by atoms with E-state index in [2.05, 4.69) is 9.71 Å². The van der Waals surface area contributed by atoms with E-state index in [4.69, 9.17) is 0 Å². The molecule has 11 heteroatoms. The molecule has 1 fully saturated rings. The number of sulfonamides is 1. The normalized spacial score (nSPS) is 20.2. The first kappa shape index (κ1) is 19.8. The lowest BCUT2D eigenvalue weighted by atomic mass is 10.1. The standard InChI is InChI=1S/C18H17F2N3O4S2/c19-12-7-10-3-5-21-18(25)11(10)8-14(12)22-29(26,27)17-2-1-16(28-17)23-6-4-15(24)13(20)9-23/h1-3,5,7-8,13,15,22,24H,4,6,9H2,(H,21,25)/t13-,15+/m1/s1. The third-order valence-electron chi connectivity index (χ3n) is 4.76. The second-order valence-electron chi connectivity index (χ2n) is 6.74. The van der Waals surface area contributed by atoms with E-state index in [1.807, 2.05) is 0 Å². The number of anilines is 2. The van der Waals surface area contributed by atoms with E-state index in [0.717, 1.165) is 23.5 Å². The van der Waals surface area contributed by atoms with Crippen molar-refractivity contribution in [2.24, 2.45) is 0 Å². The molecule has 3 heterocycles. The van der Waals surface area contributed by atoms with Gasteiger partial charge in [0, 0.05) is 18.1 Å². The number of thiophene rings is 1. The van der Waals surface area contributed by atoms with Gasteiger partial charge >= 0.3 is 0 Å². The molecule has 0 unspecified atom stereocenters. The van der Waals surface area contributed by atoms with Crippen LogP contribution < -0.4 is 15.2 Å². The Balaban J connectivity index is 1.61. The van der Waals surface area contributed by atoms with Crippen molar-refractivity contribution < 1.29 is 22.3 Å². The van der Waals surface area contributed by atoms with Crippen molar-refractivity contribution in [1.29, 1.82) is 0 Å². The predicted octanol–water partition coefficient (Wildman–Crippen LogP) is 2.44. The number of aliphatic hydroxyl groups is 1. The maximum absolute atomic E-state index is 14.4. The van der Waals surface area contributed by atoms with Gasteiger partial charge in [0.15, 0.2) is 0 Å². The first-order chi connectivity index (χ1) is 13.7. The van der Waals surface area contributed by atoms with Crippen LogP contribution in [0, 0.1) is 5.82 Å². The average molecular weight is 441 g/mol. The summed E-state index contributed by atoms with van der Waals surface area (Å²) in [5, 5.41) is 10.5. The molecule has 0 radical (unpaired) electrons. The molecule has 154 valence electrons. The molecule has 4 rings (SSSR count). The summed E-state index contributed by atoms with van der Waals surface area (Å²) in [6.45, 7) is 0.369. The fourth-order valence-electron chi connectivity index (χ4n) is 3.20. The monoisotopic (exact) mass is 441 g/mol. The lowest BCUT2D eigenvalue weighted by Gasteiger charge is -2.32. The minimum absolute atomic E-state index is 0.0311. The van der Waals surface area contributed by atoms with E-state index in [1.165, 1.54) is 18.3 Å². The molecule has 7 nitrogen and oxygen atoms in total. The van der Waals surface area contributed by atoms with Crippen LogP contribution in [0.5, 0.6) is 0 Å². The van der Waals surface area contributed by atoms with Crippen LogP contribution in [0.2, 0.25) is 0 Å². The van der Waals surface area contributed by atoms with Gasteiger partial charge in [0.1, 0.15) is 16.2 Å². The van der Waals surface area contributed by atoms with Gasteiger partial charge in [-0.25, -0.2) is 17.2 Å². The quantitative estimate of drug-likeness (QED) is 0.577. The van der Waals surface area contributed by atoms with Crippen molar-refractivity contribution in [3.63, 3.8) is 0 Å². The summed E-state index contributed by atoms with van der Waals surface area (Å²) in [5.41, 5.74) is -0.802. The fourth-order valence-corrected chi connectivity index (χ4v) is 5.59. The summed E-state index contributed by atoms with van der Waals surface area (Å²) in [7, 11) is -4.11. The molecule has 1 aromatic carbocycles. The number of hydrogen-bond acceptors (Lipinski definition) is 6. The summed E-state index contributed by atoms with van der Waals surface area (Å²) in [6, 6.07) is 6.65. The first-order valence-corrected chi connectivity index (χ1v) is 11.1. The number of aliphatic hydroxyl groups excluding tert-OH is 1. The van der Waals surface area contributed by atoms with E-state index < -0.39 is 33.7 Å². The molecule has 1 aliphatic heterocycles. The Morgan fingerprint density at radius 1 is 1.28 bits per heavy atom. The number of benzene rings is 1. The molecule has 3 aromatic rings. The molecule has 0 aliphatic carbocycles. The lowest BCUT2D eigenvalue weighted by Crippen LogP contribution is -2.44. The zero-order valence-corrected chi connectivity index (χ0v) is 16.6. The highest BCUT2D eigenvalue weighted by molar-refractivity contribution is 7.94. The van der Waals surface area contributed by atoms with Crippen LogP contribution in [0.15, 0.2) is 45.5 Å². The largest absolute Gasteiger partial charge is 0.390 e. The molecular formula is C18H17F2N3O4S2. The molecule has 2 aromatic heterocycles. The number of H-pyrrole nitrogens is 1. The third-order valence-corrected chi connectivity index (χ3v) is 7.76. The topological polar surface area (TPSA) is 102 Å². The molecule has 2 atom stereocenters. The maximum atomic E-state index is 14.4. The molecule has 1 aliphatic rings. The van der Waals surface area contributed by atoms with Crippen LogP contribution in [-0.4, -0.2) is 43.9 Å². The van der Waals surface area contributed by atoms with Crippen LogP contribution >= 0.6 is 11.3 Å². The van der Waals surface area contributed by atoms with Gasteiger partial charge in [0.2, 0.25) is 0 Å². The van der Waals surface area contributed by atoms with Gasteiger partial charge in [0.25, 0.3) is 15.6 Å². The number of piperidine rings is 1. The number of nitrogens with zero attached hydrogens (tertiary/aromatic N) is 1. The molecule has 3 N–H and O–H groups in total. The Labute approximate surface area is 168 Å². The molecule has 0 bridgehead atoms. The minimum atomic E-state index is -4.11. The van der Waals surface area contributed by atoms with Crippen molar-refractivity contribution in [3.05, 3.63) is 52.7 Å². The van der Waals surface area contributed by atoms with Crippen molar-refractivity contribution in [3.8, 4) is 0 Å². The van der Waals surface area contributed by atoms with Gasteiger partial charge in [-0.05, 0) is 42.1 Å². The van der Waals surface area contributed by atoms with Crippen LogP contribution in [0.4, 0.5) is 19.5 Å². The molecule has 0 amide bonds. The fraction of sp³-hybridized carbons (Fsp3) is 0.278. The first-order valence-electron chi connectivity index (χ1n) is 8.75. The summed E-state index contributed by atoms with van der Waals surface area (Å²) < 4.78 is 55.6. The molecule has 1 saturated heterocycles. The highest BCUT2D eigenvalue weighted by atomic mass is 32.2. The third kappa shape index (κ3) is 3.85. The number of rotatable bonds is 4. The van der Waals surface area contributed by atoms with Gasteiger partial charge in [-0.15, -0.1) is 11.3 Å². The molecule has 29 heavy (non-hydrogen) atoms. The van der Waals surface area contributed by atoms with Crippen molar-refractivity contribution in [2.45, 2.75) is 22.9 Å². The van der Waals surface area contributed by atoms with E-state index in [-0.39, 0.29) is 28.2 Å². The summed E-state index contributed by atoms with van der Waals surface area (Å²) >= 11 is 0.918. The summed E-state index contributed by atoms with van der Waals surface area (Å²) in [5.74, 6) is -0.811. The number of halogens is 2. The molecular weight excluding hydrogens is 424 g/mol. The van der Waals surface area contributed by atoms with Gasteiger partial charge in [-0.2, -0.15) is 0 Å². The Hall–Kier alpha value is -2.50. The van der Waals surface area contributed by atoms with Crippen LogP contribution in [0.25, 0.3) is 10.8 Å². The van der Waals surface area contributed by atoms with Gasteiger partial charge in [-0.3, -0.25) is 9.52 Å². The van der Waals surface area contributed by atoms with E-state index in [1.54, 1.807) is 11.0 Å². The number of alkyl halides is 1. The zero-order valence-electron chi connectivity index (χ0n) is 14.9. The van der Waals surface area contributed by atoms with Crippen molar-refractivity contribution >= 4 is 42.8 Å². The lowest BCUT2D eigenvalue weighted by molar-refractivity contribution is 0.0617. The number of aromatic amines is 1. The van der Waals surface area contributed by atoms with E-state index in [0.29, 0.717) is 16.9 Å². The van der Waals surface area contributed by atoms with Crippen molar-refractivity contribution in [2.75, 3.05) is 22.7 Å². The Bertz CT molecular complexity index is 1230. The molecule has 0 spiro atoms. The Morgan fingerprint density at radius 3 is 2.83 bits per heavy atom. The van der Waals surface area contributed by atoms with E-state index >= 15 is 0 Å². The highest BCUT2D eigenvalue weighted by Gasteiger charge is 2.29. The van der Waals surface area contributed by atoms with Crippen LogP contribution in [0.1, 0.15) is 6.42 Å². The van der Waals surface area contributed by atoms with Gasteiger partial charge in [0.05, 0.1) is 23.3 Å². The number of pyridine rings is 1. The number of aromatic nitrogens is 1. The Kier molecular flexibility index (Phi) is 5.05. The number of fused-ring (bicyclic) bond motifs is 1. The van der Waals surface area contributed by atoms with Crippen LogP contribution in [0.3, 0.4) is 0 Å². The smallest absolute Gasteiger partial charge is 0.271 e. The number of nitrogens with one attached hydrogen (secondary N) is 2. The van der Waals surface area contributed by atoms with Gasteiger partial charge in [-0.1, -0.05) is 0 Å². The average Bonchev–Trinajstić information content (AvgIpc) is 3.16. The number of hydrogen-bond donors (Lipinski definition) is 3.